The van der Waals surface area contributed by atoms with E-state index in [-0.39, 0.29) is 4.75 Å². The van der Waals surface area contributed by atoms with E-state index in [1.165, 1.54) is 5.56 Å². The maximum absolute atomic E-state index is 12.7. The monoisotopic (exact) mass is 311 g/mol. The van der Waals surface area contributed by atoms with Crippen molar-refractivity contribution in [2.24, 2.45) is 0 Å². The number of benzene rings is 1. The number of hydrogen-bond donors (Lipinski definition) is 0. The maximum Gasteiger partial charge on any atom is 0.137 e. The Balaban J connectivity index is 2.11. The molecule has 0 aromatic heterocycles. The van der Waals surface area contributed by atoms with Crippen LogP contribution in [0.2, 0.25) is 5.02 Å². The van der Waals surface area contributed by atoms with Gasteiger partial charge in [0.05, 0.1) is 12.6 Å². The van der Waals surface area contributed by atoms with Gasteiger partial charge in [0.1, 0.15) is 4.75 Å². The quantitative estimate of drug-likeness (QED) is 0.623. The molecule has 2 rings (SSSR count). The van der Waals surface area contributed by atoms with Crippen molar-refractivity contribution in [2.75, 3.05) is 6.54 Å². The molecule has 110 valence electrons. The fourth-order valence-corrected chi connectivity index (χ4v) is 3.81. The topological polar surface area (TPSA) is 26.3 Å². The summed E-state index contributed by atoms with van der Waals surface area (Å²) in [6.07, 6.45) is 6.16. The van der Waals surface area contributed by atoms with E-state index >= 15 is 0 Å². The van der Waals surface area contributed by atoms with Crippen LogP contribution in [-0.2, 0) is 17.8 Å². The lowest BCUT2D eigenvalue weighted by Crippen LogP contribution is -2.50. The first-order valence-corrected chi connectivity index (χ1v) is 8.44. The van der Waals surface area contributed by atoms with Crippen molar-refractivity contribution < 1.29 is 4.55 Å². The molecular weight excluding hydrogens is 290 g/mol. The minimum Gasteiger partial charge on any atom is -0.597 e. The number of halogens is 1. The van der Waals surface area contributed by atoms with Gasteiger partial charge >= 0.3 is 0 Å². The molecule has 0 aliphatic carbocycles. The Morgan fingerprint density at radius 1 is 1.25 bits per heavy atom. The van der Waals surface area contributed by atoms with Gasteiger partial charge in [-0.25, -0.2) is 0 Å². The molecule has 1 aliphatic rings. The largest absolute Gasteiger partial charge is 0.597 e. The number of rotatable bonds is 3. The summed E-state index contributed by atoms with van der Waals surface area (Å²) in [5, 5.41) is 0.757. The Kier molecular flexibility index (Phi) is 5.19. The predicted molar refractivity (Wildman–Crippen MR) is 87.3 cm³/mol. The van der Waals surface area contributed by atoms with E-state index < -0.39 is 11.4 Å². The minimum absolute atomic E-state index is 0.219. The van der Waals surface area contributed by atoms with E-state index in [9.17, 15) is 4.55 Å². The molecule has 1 aliphatic heterocycles. The third-order valence-electron chi connectivity index (χ3n) is 3.39. The number of hydrogen-bond acceptors (Lipinski definition) is 2. The van der Waals surface area contributed by atoms with E-state index in [1.54, 1.807) is 0 Å². The summed E-state index contributed by atoms with van der Waals surface area (Å²) < 4.78 is 14.6. The van der Waals surface area contributed by atoms with Crippen LogP contribution in [0.3, 0.4) is 0 Å². The van der Waals surface area contributed by atoms with Crippen LogP contribution in [0.15, 0.2) is 36.4 Å². The summed E-state index contributed by atoms with van der Waals surface area (Å²) in [6, 6.07) is 8.24. The van der Waals surface area contributed by atoms with E-state index in [4.69, 9.17) is 11.6 Å². The van der Waals surface area contributed by atoms with Gasteiger partial charge in [0.25, 0.3) is 0 Å². The van der Waals surface area contributed by atoms with Gasteiger partial charge in [0.15, 0.2) is 0 Å². The van der Waals surface area contributed by atoms with Gasteiger partial charge in [-0.05, 0) is 51.3 Å². The van der Waals surface area contributed by atoms with Crippen LogP contribution >= 0.6 is 11.6 Å². The van der Waals surface area contributed by atoms with E-state index in [0.717, 1.165) is 24.4 Å². The van der Waals surface area contributed by atoms with Gasteiger partial charge in [-0.15, -0.1) is 4.31 Å². The third kappa shape index (κ3) is 4.01. The summed E-state index contributed by atoms with van der Waals surface area (Å²) in [6.45, 7) is 6.85. The highest BCUT2D eigenvalue weighted by Crippen LogP contribution is 2.27. The molecule has 1 heterocycles. The first kappa shape index (κ1) is 15.9. The fourth-order valence-electron chi connectivity index (χ4n) is 2.33. The van der Waals surface area contributed by atoms with Crippen LogP contribution < -0.4 is 0 Å². The fraction of sp³-hybridized carbons (Fsp3) is 0.500. The predicted octanol–water partition coefficient (Wildman–Crippen LogP) is 3.98. The molecule has 1 aromatic rings. The Hall–Kier alpha value is -0.480. The summed E-state index contributed by atoms with van der Waals surface area (Å²) >= 11 is 4.95. The summed E-state index contributed by atoms with van der Waals surface area (Å²) in [5.41, 5.74) is 1.24. The molecule has 0 N–H and O–H groups in total. The SMILES string of the molecule is CC(C)(C)[S@+]([O-])N1CC=CCC1Cc1ccc(Cl)cc1. The molecule has 0 saturated carbocycles. The molecule has 0 bridgehead atoms. The van der Waals surface area contributed by atoms with E-state index in [0.29, 0.717) is 6.04 Å². The van der Waals surface area contributed by atoms with Crippen molar-refractivity contribution in [3.05, 3.63) is 47.0 Å². The molecular formula is C16H22ClNOS. The van der Waals surface area contributed by atoms with Crippen LogP contribution in [0.5, 0.6) is 0 Å². The van der Waals surface area contributed by atoms with E-state index in [1.807, 2.05) is 32.9 Å². The van der Waals surface area contributed by atoms with Crippen LogP contribution in [0, 0.1) is 0 Å². The molecule has 1 aromatic carbocycles. The molecule has 0 spiro atoms. The van der Waals surface area contributed by atoms with Crippen LogP contribution in [0.4, 0.5) is 0 Å². The van der Waals surface area contributed by atoms with Gasteiger partial charge in [0.2, 0.25) is 0 Å². The lowest BCUT2D eigenvalue weighted by Gasteiger charge is -2.38. The second kappa shape index (κ2) is 6.52. The Morgan fingerprint density at radius 2 is 1.90 bits per heavy atom. The molecule has 2 nitrogen and oxygen atoms in total. The van der Waals surface area contributed by atoms with Crippen molar-refractivity contribution in [1.29, 1.82) is 0 Å². The van der Waals surface area contributed by atoms with Crippen LogP contribution in [0.1, 0.15) is 32.8 Å². The molecule has 4 heteroatoms. The molecule has 0 amide bonds. The molecule has 2 atom stereocenters. The minimum atomic E-state index is -0.976. The maximum atomic E-state index is 12.7. The Morgan fingerprint density at radius 3 is 2.50 bits per heavy atom. The van der Waals surface area contributed by atoms with Gasteiger partial charge in [0, 0.05) is 16.4 Å². The summed E-state index contributed by atoms with van der Waals surface area (Å²) in [7, 11) is 0. The summed E-state index contributed by atoms with van der Waals surface area (Å²) in [4.78, 5) is 0. The zero-order chi connectivity index (χ0) is 14.8. The van der Waals surface area contributed by atoms with Gasteiger partial charge in [-0.2, -0.15) is 0 Å². The van der Waals surface area contributed by atoms with Crippen LogP contribution in [-0.4, -0.2) is 26.2 Å². The second-order valence-corrected chi connectivity index (χ2v) is 8.78. The van der Waals surface area contributed by atoms with Crippen molar-refractivity contribution in [3.8, 4) is 0 Å². The highest BCUT2D eigenvalue weighted by atomic mass is 35.5. The second-order valence-electron chi connectivity index (χ2n) is 6.15. The van der Waals surface area contributed by atoms with Gasteiger partial charge in [-0.1, -0.05) is 35.9 Å². The smallest absolute Gasteiger partial charge is 0.137 e. The molecule has 1 unspecified atom stereocenters. The zero-order valence-corrected chi connectivity index (χ0v) is 13.9. The van der Waals surface area contributed by atoms with Gasteiger partial charge < -0.3 is 4.55 Å². The zero-order valence-electron chi connectivity index (χ0n) is 12.3. The summed E-state index contributed by atoms with van der Waals surface area (Å²) in [5.74, 6) is 0. The van der Waals surface area contributed by atoms with Crippen LogP contribution in [0.25, 0.3) is 0 Å². The van der Waals surface area contributed by atoms with Gasteiger partial charge in [-0.3, -0.25) is 0 Å². The standard InChI is InChI=1S/C16H22ClNOS/c1-16(2,3)20(19)18-11-5-4-6-15(18)12-13-7-9-14(17)10-8-13/h4-5,7-10,15H,6,11-12H2,1-3H3/t15?,20-/m0/s1. The lowest BCUT2D eigenvalue weighted by atomic mass is 10.0. The molecule has 20 heavy (non-hydrogen) atoms. The lowest BCUT2D eigenvalue weighted by molar-refractivity contribution is 0.320. The van der Waals surface area contributed by atoms with E-state index in [2.05, 4.69) is 28.6 Å². The van der Waals surface area contributed by atoms with Crippen molar-refractivity contribution in [3.63, 3.8) is 0 Å². The Bertz CT molecular complexity index is 466. The first-order chi connectivity index (χ1) is 9.38. The molecule has 0 radical (unpaired) electrons. The normalized spacial score (nSPS) is 21.9. The average molecular weight is 312 g/mol. The van der Waals surface area contributed by atoms with Crippen molar-refractivity contribution in [1.82, 2.24) is 4.31 Å². The molecule has 0 fully saturated rings. The van der Waals surface area contributed by atoms with Crippen molar-refractivity contribution >= 4 is 23.0 Å². The first-order valence-electron chi connectivity index (χ1n) is 6.96. The average Bonchev–Trinajstić information content (AvgIpc) is 2.40. The third-order valence-corrected chi connectivity index (χ3v) is 5.56. The highest BCUT2D eigenvalue weighted by Gasteiger charge is 2.37. The number of nitrogens with zero attached hydrogens (tertiary/aromatic N) is 1. The molecule has 0 saturated heterocycles. The highest BCUT2D eigenvalue weighted by molar-refractivity contribution is 7.90. The van der Waals surface area contributed by atoms with Crippen molar-refractivity contribution in [2.45, 2.75) is 44.4 Å². The Labute approximate surface area is 130 Å².